The van der Waals surface area contributed by atoms with Gasteiger partial charge in [-0.1, -0.05) is 36.4 Å². The summed E-state index contributed by atoms with van der Waals surface area (Å²) < 4.78 is 9.27. The molecule has 0 fully saturated rings. The van der Waals surface area contributed by atoms with Crippen molar-refractivity contribution in [1.82, 2.24) is 0 Å². The second kappa shape index (κ2) is 8.08. The maximum atomic E-state index is 11.6. The third-order valence-corrected chi connectivity index (χ3v) is 2.70. The Labute approximate surface area is 113 Å². The van der Waals surface area contributed by atoms with E-state index in [2.05, 4.69) is 4.74 Å². The van der Waals surface area contributed by atoms with Gasteiger partial charge in [-0.15, -0.1) is 0 Å². The molecule has 4 nitrogen and oxygen atoms in total. The molecule has 0 aliphatic carbocycles. The lowest BCUT2D eigenvalue weighted by Crippen LogP contribution is -2.08. The van der Waals surface area contributed by atoms with Crippen LogP contribution in [0, 0.1) is 0 Å². The highest BCUT2D eigenvalue weighted by Gasteiger charge is 2.11. The zero-order chi connectivity index (χ0) is 14.1. The van der Waals surface area contributed by atoms with Gasteiger partial charge in [0.2, 0.25) is 0 Å². The van der Waals surface area contributed by atoms with E-state index in [1.807, 2.05) is 30.3 Å². The van der Waals surface area contributed by atoms with Crippen LogP contribution >= 0.6 is 0 Å². The predicted molar refractivity (Wildman–Crippen MR) is 71.5 cm³/mol. The summed E-state index contributed by atoms with van der Waals surface area (Å²) in [5, 5.41) is 0. The molecule has 0 aliphatic heterocycles. The van der Waals surface area contributed by atoms with Crippen molar-refractivity contribution < 1.29 is 19.1 Å². The molecule has 0 bridgehead atoms. The van der Waals surface area contributed by atoms with E-state index in [0.29, 0.717) is 18.4 Å². The molecule has 1 aromatic rings. The fourth-order valence-electron chi connectivity index (χ4n) is 1.61. The summed E-state index contributed by atoms with van der Waals surface area (Å²) in [5.74, 6) is -0.741. The Morgan fingerprint density at radius 2 is 1.74 bits per heavy atom. The molecule has 0 spiro atoms. The Bertz CT molecular complexity index is 448. The van der Waals surface area contributed by atoms with E-state index >= 15 is 0 Å². The molecule has 0 atom stereocenters. The van der Waals surface area contributed by atoms with Gasteiger partial charge in [0.1, 0.15) is 0 Å². The number of esters is 2. The van der Waals surface area contributed by atoms with Gasteiger partial charge in [-0.2, -0.15) is 0 Å². The smallest absolute Gasteiger partial charge is 0.333 e. The number of carbonyl (C=O) groups excluding carboxylic acids is 2. The minimum absolute atomic E-state index is 0.173. The molecule has 0 radical (unpaired) electrons. The third kappa shape index (κ3) is 5.38. The van der Waals surface area contributed by atoms with Crippen LogP contribution in [-0.4, -0.2) is 26.2 Å². The molecule has 0 aromatic heterocycles. The normalized spacial score (nSPS) is 10.9. The van der Waals surface area contributed by atoms with Crippen LogP contribution in [0.5, 0.6) is 0 Å². The maximum Gasteiger partial charge on any atom is 0.333 e. The van der Waals surface area contributed by atoms with Crippen molar-refractivity contribution in [3.05, 3.63) is 47.5 Å². The Balaban J connectivity index is 2.68. The highest BCUT2D eigenvalue weighted by atomic mass is 16.5. The standard InChI is InChI=1S/C15H18O4/c1-18-14(16)11-10-13(15(17)19-2)9-8-12-6-4-3-5-7-12/h3-7,9H,8,10-11H2,1-2H3/b13-9+. The Morgan fingerprint density at radius 1 is 1.05 bits per heavy atom. The quantitative estimate of drug-likeness (QED) is 0.583. The second-order valence-electron chi connectivity index (χ2n) is 3.99. The van der Waals surface area contributed by atoms with E-state index in [1.165, 1.54) is 14.2 Å². The molecule has 0 N–H and O–H groups in total. The minimum atomic E-state index is -0.403. The third-order valence-electron chi connectivity index (χ3n) is 2.70. The number of benzene rings is 1. The average Bonchev–Trinajstić information content (AvgIpc) is 2.47. The molecule has 1 rings (SSSR count). The highest BCUT2D eigenvalue weighted by Crippen LogP contribution is 2.11. The molecule has 0 aliphatic rings. The first kappa shape index (κ1) is 15.0. The van der Waals surface area contributed by atoms with Crippen LogP contribution < -0.4 is 0 Å². The summed E-state index contributed by atoms with van der Waals surface area (Å²) in [6.07, 6.45) is 2.93. The number of rotatable bonds is 6. The van der Waals surface area contributed by atoms with E-state index in [0.717, 1.165) is 5.56 Å². The van der Waals surface area contributed by atoms with Crippen LogP contribution in [0.4, 0.5) is 0 Å². The number of carbonyl (C=O) groups is 2. The van der Waals surface area contributed by atoms with Gasteiger partial charge < -0.3 is 9.47 Å². The summed E-state index contributed by atoms with van der Waals surface area (Å²) in [6.45, 7) is 0. The van der Waals surface area contributed by atoms with Crippen molar-refractivity contribution in [2.75, 3.05) is 14.2 Å². The largest absolute Gasteiger partial charge is 0.469 e. The molecular formula is C15H18O4. The molecule has 102 valence electrons. The van der Waals surface area contributed by atoms with Crippen LogP contribution in [0.3, 0.4) is 0 Å². The first-order chi connectivity index (χ1) is 9.17. The average molecular weight is 262 g/mol. The lowest BCUT2D eigenvalue weighted by Gasteiger charge is -2.05. The minimum Gasteiger partial charge on any atom is -0.469 e. The van der Waals surface area contributed by atoms with Crippen LogP contribution in [0.1, 0.15) is 18.4 Å². The Kier molecular flexibility index (Phi) is 6.36. The van der Waals surface area contributed by atoms with Crippen molar-refractivity contribution >= 4 is 11.9 Å². The molecule has 0 amide bonds. The lowest BCUT2D eigenvalue weighted by molar-refractivity contribution is -0.140. The van der Waals surface area contributed by atoms with Crippen molar-refractivity contribution in [2.45, 2.75) is 19.3 Å². The summed E-state index contributed by atoms with van der Waals surface area (Å²) in [7, 11) is 2.66. The maximum absolute atomic E-state index is 11.6. The lowest BCUT2D eigenvalue weighted by atomic mass is 10.1. The fourth-order valence-corrected chi connectivity index (χ4v) is 1.61. The van der Waals surface area contributed by atoms with Crippen molar-refractivity contribution in [3.8, 4) is 0 Å². The van der Waals surface area contributed by atoms with Crippen molar-refractivity contribution in [2.24, 2.45) is 0 Å². The van der Waals surface area contributed by atoms with E-state index in [-0.39, 0.29) is 12.4 Å². The van der Waals surface area contributed by atoms with Gasteiger partial charge in [0.05, 0.1) is 14.2 Å². The first-order valence-corrected chi connectivity index (χ1v) is 6.05. The van der Waals surface area contributed by atoms with Gasteiger partial charge in [0.15, 0.2) is 0 Å². The fraction of sp³-hybridized carbons (Fsp3) is 0.333. The van der Waals surface area contributed by atoms with Crippen molar-refractivity contribution in [1.29, 1.82) is 0 Å². The van der Waals surface area contributed by atoms with E-state index in [4.69, 9.17) is 4.74 Å². The van der Waals surface area contributed by atoms with Gasteiger partial charge in [0.25, 0.3) is 0 Å². The van der Waals surface area contributed by atoms with Crippen molar-refractivity contribution in [3.63, 3.8) is 0 Å². The Hall–Kier alpha value is -2.10. The molecule has 4 heteroatoms. The predicted octanol–water partition coefficient (Wildman–Crippen LogP) is 2.28. The number of hydrogen-bond donors (Lipinski definition) is 0. The molecule has 0 saturated heterocycles. The molecule has 0 heterocycles. The zero-order valence-corrected chi connectivity index (χ0v) is 11.2. The van der Waals surface area contributed by atoms with E-state index in [1.54, 1.807) is 6.08 Å². The van der Waals surface area contributed by atoms with Crippen LogP contribution in [0.25, 0.3) is 0 Å². The van der Waals surface area contributed by atoms with Crippen LogP contribution in [-0.2, 0) is 25.5 Å². The number of methoxy groups -OCH3 is 2. The van der Waals surface area contributed by atoms with Gasteiger partial charge in [0, 0.05) is 12.0 Å². The summed E-state index contributed by atoms with van der Waals surface area (Å²) in [5.41, 5.74) is 1.60. The Morgan fingerprint density at radius 3 is 2.32 bits per heavy atom. The zero-order valence-electron chi connectivity index (χ0n) is 11.2. The van der Waals surface area contributed by atoms with Crippen LogP contribution in [0.2, 0.25) is 0 Å². The molecule has 0 unspecified atom stereocenters. The highest BCUT2D eigenvalue weighted by molar-refractivity contribution is 5.89. The number of ether oxygens (including phenoxy) is 2. The monoisotopic (exact) mass is 262 g/mol. The van der Waals surface area contributed by atoms with Gasteiger partial charge in [-0.05, 0) is 18.4 Å². The second-order valence-corrected chi connectivity index (χ2v) is 3.99. The summed E-state index contributed by atoms with van der Waals surface area (Å²) >= 11 is 0. The van der Waals surface area contributed by atoms with Gasteiger partial charge in [-0.25, -0.2) is 4.79 Å². The summed E-state index contributed by atoms with van der Waals surface area (Å²) in [4.78, 5) is 22.7. The number of hydrogen-bond acceptors (Lipinski definition) is 4. The molecule has 19 heavy (non-hydrogen) atoms. The SMILES string of the molecule is COC(=O)CC/C(=C\Cc1ccccc1)C(=O)OC. The topological polar surface area (TPSA) is 52.6 Å². The summed E-state index contributed by atoms with van der Waals surface area (Å²) in [6, 6.07) is 9.77. The first-order valence-electron chi connectivity index (χ1n) is 6.05. The molecule has 1 aromatic carbocycles. The van der Waals surface area contributed by atoms with Crippen LogP contribution in [0.15, 0.2) is 42.0 Å². The van der Waals surface area contributed by atoms with E-state index in [9.17, 15) is 9.59 Å². The molecular weight excluding hydrogens is 244 g/mol. The number of allylic oxidation sites excluding steroid dienone is 1. The van der Waals surface area contributed by atoms with Gasteiger partial charge >= 0.3 is 11.9 Å². The van der Waals surface area contributed by atoms with Gasteiger partial charge in [-0.3, -0.25) is 4.79 Å². The van der Waals surface area contributed by atoms with E-state index < -0.39 is 5.97 Å². The molecule has 0 saturated carbocycles.